The molecular formula is C21H30N4O4S. The Morgan fingerprint density at radius 1 is 1.00 bits per heavy atom. The van der Waals surface area contributed by atoms with Crippen LogP contribution in [0.4, 0.5) is 0 Å². The zero-order chi connectivity index (χ0) is 22.0. The van der Waals surface area contributed by atoms with Gasteiger partial charge in [-0.15, -0.1) is 0 Å². The van der Waals surface area contributed by atoms with Crippen LogP contribution in [-0.2, 0) is 16.6 Å². The monoisotopic (exact) mass is 434 g/mol. The van der Waals surface area contributed by atoms with Crippen LogP contribution in [-0.4, -0.2) is 48.2 Å². The van der Waals surface area contributed by atoms with Gasteiger partial charge >= 0.3 is 0 Å². The highest BCUT2D eigenvalue weighted by molar-refractivity contribution is 7.89. The topological polar surface area (TPSA) is 101 Å². The third-order valence-electron chi connectivity index (χ3n) is 4.29. The molecule has 0 aliphatic heterocycles. The van der Waals surface area contributed by atoms with Gasteiger partial charge in [0.25, 0.3) is 0 Å². The van der Waals surface area contributed by atoms with Gasteiger partial charge in [0.15, 0.2) is 5.96 Å². The van der Waals surface area contributed by atoms with Crippen LogP contribution in [0.5, 0.6) is 11.5 Å². The van der Waals surface area contributed by atoms with Gasteiger partial charge in [-0.2, -0.15) is 0 Å². The second-order valence-corrected chi connectivity index (χ2v) is 8.28. The summed E-state index contributed by atoms with van der Waals surface area (Å²) in [6.45, 7) is 5.57. The Hall–Kier alpha value is -2.78. The Bertz CT molecular complexity index is 944. The standard InChI is InChI=1S/C21H30N4O4S/c1-5-22-21(24-15-17-8-9-18(28-3)14-20(17)29-4)23-12-13-25-30(26,27)19-10-6-16(2)7-11-19/h6-11,14,25H,5,12-13,15H2,1-4H3,(H2,22,23,24). The first-order valence-corrected chi connectivity index (χ1v) is 11.2. The number of guanidine groups is 1. The van der Waals surface area contributed by atoms with E-state index < -0.39 is 10.0 Å². The van der Waals surface area contributed by atoms with Crippen molar-refractivity contribution in [3.63, 3.8) is 0 Å². The normalized spacial score (nSPS) is 11.8. The van der Waals surface area contributed by atoms with Crippen molar-refractivity contribution in [2.75, 3.05) is 33.9 Å². The fraction of sp³-hybridized carbons (Fsp3) is 0.381. The smallest absolute Gasteiger partial charge is 0.240 e. The number of hydrogen-bond acceptors (Lipinski definition) is 5. The van der Waals surface area contributed by atoms with Crippen molar-refractivity contribution in [3.8, 4) is 11.5 Å². The van der Waals surface area contributed by atoms with E-state index >= 15 is 0 Å². The molecule has 0 bridgehead atoms. The Morgan fingerprint density at radius 3 is 2.37 bits per heavy atom. The molecule has 2 rings (SSSR count). The number of nitrogens with one attached hydrogen (secondary N) is 3. The highest BCUT2D eigenvalue weighted by Gasteiger charge is 2.12. The van der Waals surface area contributed by atoms with Crippen molar-refractivity contribution in [2.45, 2.75) is 25.3 Å². The second-order valence-electron chi connectivity index (χ2n) is 6.51. The third kappa shape index (κ3) is 6.93. The number of aliphatic imine (C=N–C) groups is 1. The van der Waals surface area contributed by atoms with Crippen molar-refractivity contribution in [1.82, 2.24) is 15.4 Å². The molecule has 0 aliphatic carbocycles. The lowest BCUT2D eigenvalue weighted by atomic mass is 10.2. The van der Waals surface area contributed by atoms with E-state index in [1.807, 2.05) is 32.0 Å². The lowest BCUT2D eigenvalue weighted by Crippen LogP contribution is -2.41. The van der Waals surface area contributed by atoms with Crippen LogP contribution in [0.3, 0.4) is 0 Å². The zero-order valence-corrected chi connectivity index (χ0v) is 18.7. The van der Waals surface area contributed by atoms with E-state index in [9.17, 15) is 8.42 Å². The predicted octanol–water partition coefficient (Wildman–Crippen LogP) is 2.05. The minimum atomic E-state index is -3.54. The first-order chi connectivity index (χ1) is 14.4. The summed E-state index contributed by atoms with van der Waals surface area (Å²) in [6, 6.07) is 12.3. The fourth-order valence-electron chi connectivity index (χ4n) is 2.66. The molecule has 9 heteroatoms. The highest BCUT2D eigenvalue weighted by Crippen LogP contribution is 2.25. The fourth-order valence-corrected chi connectivity index (χ4v) is 3.69. The van der Waals surface area contributed by atoms with E-state index in [0.29, 0.717) is 37.1 Å². The Labute approximate surface area is 178 Å². The van der Waals surface area contributed by atoms with E-state index in [0.717, 1.165) is 11.1 Å². The molecule has 8 nitrogen and oxygen atoms in total. The van der Waals surface area contributed by atoms with E-state index in [4.69, 9.17) is 9.47 Å². The molecule has 0 aromatic heterocycles. The highest BCUT2D eigenvalue weighted by atomic mass is 32.2. The number of sulfonamides is 1. The van der Waals surface area contributed by atoms with Crippen molar-refractivity contribution in [3.05, 3.63) is 53.6 Å². The SMILES string of the molecule is CCNC(=NCc1ccc(OC)cc1OC)NCCNS(=O)(=O)c1ccc(C)cc1. The average Bonchev–Trinajstić information content (AvgIpc) is 2.75. The molecule has 164 valence electrons. The summed E-state index contributed by atoms with van der Waals surface area (Å²) in [7, 11) is -0.330. The van der Waals surface area contributed by atoms with Gasteiger partial charge in [-0.05, 0) is 38.1 Å². The Kier molecular flexibility index (Phi) is 8.94. The number of ether oxygens (including phenoxy) is 2. The van der Waals surface area contributed by atoms with Crippen LogP contribution in [0, 0.1) is 6.92 Å². The van der Waals surface area contributed by atoms with Gasteiger partial charge in [0.05, 0.1) is 25.7 Å². The number of benzene rings is 2. The summed E-state index contributed by atoms with van der Waals surface area (Å²) < 4.78 is 37.9. The van der Waals surface area contributed by atoms with Gasteiger partial charge in [0.2, 0.25) is 10.0 Å². The van der Waals surface area contributed by atoms with Gasteiger partial charge in [-0.3, -0.25) is 0 Å². The number of aryl methyl sites for hydroxylation is 1. The molecule has 2 aromatic carbocycles. The zero-order valence-electron chi connectivity index (χ0n) is 17.9. The number of nitrogens with zero attached hydrogens (tertiary/aromatic N) is 1. The molecule has 0 atom stereocenters. The quantitative estimate of drug-likeness (QED) is 0.301. The molecule has 0 radical (unpaired) electrons. The minimum Gasteiger partial charge on any atom is -0.497 e. The number of hydrogen-bond donors (Lipinski definition) is 3. The molecule has 0 unspecified atom stereocenters. The van der Waals surface area contributed by atoms with Gasteiger partial charge in [0.1, 0.15) is 11.5 Å². The molecule has 30 heavy (non-hydrogen) atoms. The summed E-state index contributed by atoms with van der Waals surface area (Å²) >= 11 is 0. The van der Waals surface area contributed by atoms with E-state index in [1.165, 1.54) is 0 Å². The molecule has 0 heterocycles. The molecule has 0 amide bonds. The molecule has 0 saturated carbocycles. The molecule has 0 fully saturated rings. The van der Waals surface area contributed by atoms with Crippen LogP contribution in [0.1, 0.15) is 18.1 Å². The number of rotatable bonds is 10. The molecular weight excluding hydrogens is 404 g/mol. The predicted molar refractivity (Wildman–Crippen MR) is 119 cm³/mol. The third-order valence-corrected chi connectivity index (χ3v) is 5.76. The van der Waals surface area contributed by atoms with Crippen LogP contribution in [0.25, 0.3) is 0 Å². The summed E-state index contributed by atoms with van der Waals surface area (Å²) in [5, 5.41) is 6.28. The molecule has 3 N–H and O–H groups in total. The van der Waals surface area contributed by atoms with Crippen LogP contribution in [0.2, 0.25) is 0 Å². The molecule has 0 saturated heterocycles. The Balaban J connectivity index is 1.93. The summed E-state index contributed by atoms with van der Waals surface area (Å²) in [4.78, 5) is 4.80. The van der Waals surface area contributed by atoms with Gasteiger partial charge in [0, 0.05) is 31.3 Å². The first kappa shape index (κ1) is 23.5. The van der Waals surface area contributed by atoms with Crippen LogP contribution < -0.4 is 24.8 Å². The van der Waals surface area contributed by atoms with Crippen LogP contribution >= 0.6 is 0 Å². The maximum atomic E-state index is 12.3. The second kappa shape index (κ2) is 11.4. The van der Waals surface area contributed by atoms with Crippen molar-refractivity contribution < 1.29 is 17.9 Å². The summed E-state index contributed by atoms with van der Waals surface area (Å²) in [5.41, 5.74) is 1.92. The van der Waals surface area contributed by atoms with Crippen molar-refractivity contribution >= 4 is 16.0 Å². The summed E-state index contributed by atoms with van der Waals surface area (Å²) in [6.07, 6.45) is 0. The van der Waals surface area contributed by atoms with Crippen LogP contribution in [0.15, 0.2) is 52.4 Å². The van der Waals surface area contributed by atoms with Gasteiger partial charge < -0.3 is 20.1 Å². The Morgan fingerprint density at radius 2 is 1.73 bits per heavy atom. The molecule has 0 spiro atoms. The van der Waals surface area contributed by atoms with E-state index in [-0.39, 0.29) is 11.4 Å². The van der Waals surface area contributed by atoms with Crippen molar-refractivity contribution in [2.24, 2.45) is 4.99 Å². The first-order valence-electron chi connectivity index (χ1n) is 9.69. The average molecular weight is 435 g/mol. The maximum Gasteiger partial charge on any atom is 0.240 e. The molecule has 2 aromatic rings. The number of methoxy groups -OCH3 is 2. The molecule has 0 aliphatic rings. The van der Waals surface area contributed by atoms with E-state index in [1.54, 1.807) is 38.5 Å². The lowest BCUT2D eigenvalue weighted by molar-refractivity contribution is 0.391. The largest absolute Gasteiger partial charge is 0.497 e. The minimum absolute atomic E-state index is 0.229. The lowest BCUT2D eigenvalue weighted by Gasteiger charge is -2.13. The van der Waals surface area contributed by atoms with E-state index in [2.05, 4.69) is 20.3 Å². The van der Waals surface area contributed by atoms with Crippen molar-refractivity contribution in [1.29, 1.82) is 0 Å². The summed E-state index contributed by atoms with van der Waals surface area (Å²) in [5.74, 6) is 2.00. The van der Waals surface area contributed by atoms with Gasteiger partial charge in [-0.25, -0.2) is 18.1 Å². The van der Waals surface area contributed by atoms with Gasteiger partial charge in [-0.1, -0.05) is 17.7 Å². The maximum absolute atomic E-state index is 12.3.